The van der Waals surface area contributed by atoms with E-state index in [4.69, 9.17) is 4.74 Å². The molecule has 0 bridgehead atoms. The van der Waals surface area contributed by atoms with E-state index in [-0.39, 0.29) is 24.7 Å². The van der Waals surface area contributed by atoms with Gasteiger partial charge in [-0.1, -0.05) is 12.1 Å². The predicted molar refractivity (Wildman–Crippen MR) is 92.3 cm³/mol. The van der Waals surface area contributed by atoms with Crippen LogP contribution in [-0.4, -0.2) is 47.5 Å². The van der Waals surface area contributed by atoms with Gasteiger partial charge in [-0.05, 0) is 26.0 Å². The van der Waals surface area contributed by atoms with Gasteiger partial charge in [-0.15, -0.1) is 11.3 Å². The van der Waals surface area contributed by atoms with Gasteiger partial charge in [0, 0.05) is 6.54 Å². The van der Waals surface area contributed by atoms with E-state index in [9.17, 15) is 14.0 Å². The average Bonchev–Trinajstić information content (AvgIpc) is 2.94. The van der Waals surface area contributed by atoms with E-state index >= 15 is 0 Å². The van der Waals surface area contributed by atoms with Crippen LogP contribution in [0.15, 0.2) is 24.3 Å². The molecule has 0 unspecified atom stereocenters. The largest absolute Gasteiger partial charge is 0.365 e. The summed E-state index contributed by atoms with van der Waals surface area (Å²) in [4.78, 5) is 31.4. The number of ether oxygens (including phenoxy) is 1. The number of para-hydroxylation sites is 1. The molecule has 1 aliphatic rings. The van der Waals surface area contributed by atoms with E-state index in [0.29, 0.717) is 17.1 Å². The van der Waals surface area contributed by atoms with Crippen LogP contribution in [0, 0.1) is 19.7 Å². The van der Waals surface area contributed by atoms with E-state index in [1.54, 1.807) is 24.0 Å². The molecule has 1 aliphatic heterocycles. The Morgan fingerprint density at radius 2 is 2.12 bits per heavy atom. The second-order valence-corrected chi connectivity index (χ2v) is 6.93. The molecule has 8 heteroatoms. The molecule has 1 fully saturated rings. The van der Waals surface area contributed by atoms with Gasteiger partial charge in [-0.3, -0.25) is 9.59 Å². The lowest BCUT2D eigenvalue weighted by atomic mass is 10.2. The first-order valence-corrected chi connectivity index (χ1v) is 8.67. The van der Waals surface area contributed by atoms with Gasteiger partial charge in [0.1, 0.15) is 10.7 Å². The number of nitrogens with zero attached hydrogens (tertiary/aromatic N) is 2. The van der Waals surface area contributed by atoms with Gasteiger partial charge in [0.05, 0.1) is 29.5 Å². The fraction of sp³-hybridized carbons (Fsp3) is 0.353. The summed E-state index contributed by atoms with van der Waals surface area (Å²) in [5.74, 6) is -1.15. The summed E-state index contributed by atoms with van der Waals surface area (Å²) < 4.78 is 19.1. The highest BCUT2D eigenvalue weighted by Crippen LogP contribution is 2.21. The third-order valence-electron chi connectivity index (χ3n) is 3.88. The molecule has 0 aliphatic carbocycles. The number of nitrogens with one attached hydrogen (secondary N) is 1. The highest BCUT2D eigenvalue weighted by atomic mass is 32.1. The molecule has 3 rings (SSSR count). The minimum atomic E-state index is -0.841. The van der Waals surface area contributed by atoms with Crippen LogP contribution in [-0.2, 0) is 9.53 Å². The lowest BCUT2D eigenvalue weighted by molar-refractivity contribution is -0.131. The summed E-state index contributed by atoms with van der Waals surface area (Å²) in [7, 11) is 0. The SMILES string of the molecule is Cc1nc(C)c(C(=O)N2CCO[C@H](C(=O)Nc3ccccc3F)C2)s1. The number of anilines is 1. The number of aromatic nitrogens is 1. The van der Waals surface area contributed by atoms with Crippen molar-refractivity contribution in [2.45, 2.75) is 20.0 Å². The molecule has 132 valence electrons. The number of carbonyl (C=O) groups is 2. The summed E-state index contributed by atoms with van der Waals surface area (Å²) in [6.07, 6.45) is -0.841. The van der Waals surface area contributed by atoms with Gasteiger partial charge < -0.3 is 15.0 Å². The number of thiazole rings is 1. The first kappa shape index (κ1) is 17.5. The minimum absolute atomic E-state index is 0.0912. The molecule has 6 nitrogen and oxygen atoms in total. The van der Waals surface area contributed by atoms with Crippen LogP contribution in [0.3, 0.4) is 0 Å². The molecule has 0 spiro atoms. The number of hydrogen-bond acceptors (Lipinski definition) is 5. The van der Waals surface area contributed by atoms with Crippen molar-refractivity contribution >= 4 is 28.8 Å². The van der Waals surface area contributed by atoms with Crippen molar-refractivity contribution < 1.29 is 18.7 Å². The molecule has 1 saturated heterocycles. The Bertz CT molecular complexity index is 808. The van der Waals surface area contributed by atoms with E-state index in [1.807, 2.05) is 6.92 Å². The summed E-state index contributed by atoms with van der Waals surface area (Å²) in [6.45, 7) is 4.41. The van der Waals surface area contributed by atoms with Gasteiger partial charge in [0.25, 0.3) is 11.8 Å². The first-order chi connectivity index (χ1) is 12.0. The van der Waals surface area contributed by atoms with Crippen molar-refractivity contribution in [3.63, 3.8) is 0 Å². The molecular weight excluding hydrogens is 345 g/mol. The molecule has 1 aromatic carbocycles. The van der Waals surface area contributed by atoms with Crippen LogP contribution in [0.4, 0.5) is 10.1 Å². The summed E-state index contributed by atoms with van der Waals surface area (Å²) in [5, 5.41) is 3.33. The smallest absolute Gasteiger partial charge is 0.266 e. The molecule has 0 radical (unpaired) electrons. The number of hydrogen-bond donors (Lipinski definition) is 1. The van der Waals surface area contributed by atoms with Crippen LogP contribution in [0.25, 0.3) is 0 Å². The molecule has 2 amide bonds. The summed E-state index contributed by atoms with van der Waals surface area (Å²) in [6, 6.07) is 5.91. The minimum Gasteiger partial charge on any atom is -0.365 e. The average molecular weight is 363 g/mol. The lowest BCUT2D eigenvalue weighted by Gasteiger charge is -2.32. The van der Waals surface area contributed by atoms with Crippen molar-refractivity contribution in [2.24, 2.45) is 0 Å². The molecule has 0 saturated carbocycles. The third kappa shape index (κ3) is 3.85. The maximum Gasteiger partial charge on any atom is 0.266 e. The van der Waals surface area contributed by atoms with Gasteiger partial charge >= 0.3 is 0 Å². The summed E-state index contributed by atoms with van der Waals surface area (Å²) in [5.41, 5.74) is 0.778. The number of amides is 2. The second-order valence-electron chi connectivity index (χ2n) is 5.73. The van der Waals surface area contributed by atoms with Crippen molar-refractivity contribution in [3.8, 4) is 0 Å². The normalized spacial score (nSPS) is 17.4. The first-order valence-electron chi connectivity index (χ1n) is 7.86. The van der Waals surface area contributed by atoms with E-state index in [1.165, 1.54) is 23.5 Å². The van der Waals surface area contributed by atoms with Crippen LogP contribution in [0.2, 0.25) is 0 Å². The Balaban J connectivity index is 1.68. The fourth-order valence-corrected chi connectivity index (χ4v) is 3.53. The lowest BCUT2D eigenvalue weighted by Crippen LogP contribution is -2.50. The zero-order chi connectivity index (χ0) is 18.0. The summed E-state index contributed by atoms with van der Waals surface area (Å²) >= 11 is 1.34. The molecule has 1 atom stereocenters. The Kier molecular flexibility index (Phi) is 5.10. The molecule has 2 heterocycles. The molecule has 1 aromatic heterocycles. The molecular formula is C17H18FN3O3S. The maximum absolute atomic E-state index is 13.7. The van der Waals surface area contributed by atoms with Gasteiger partial charge in [0.15, 0.2) is 6.10 Å². The highest BCUT2D eigenvalue weighted by Gasteiger charge is 2.31. The van der Waals surface area contributed by atoms with Crippen molar-refractivity contribution in [2.75, 3.05) is 25.0 Å². The molecule has 1 N–H and O–H groups in total. The van der Waals surface area contributed by atoms with Gasteiger partial charge in [-0.2, -0.15) is 0 Å². The monoisotopic (exact) mass is 363 g/mol. The van der Waals surface area contributed by atoms with E-state index < -0.39 is 17.8 Å². The Morgan fingerprint density at radius 3 is 2.80 bits per heavy atom. The van der Waals surface area contributed by atoms with Crippen molar-refractivity contribution in [3.05, 3.63) is 45.7 Å². The zero-order valence-electron chi connectivity index (χ0n) is 13.9. The Hall–Kier alpha value is -2.32. The quantitative estimate of drug-likeness (QED) is 0.909. The third-order valence-corrected chi connectivity index (χ3v) is 4.94. The van der Waals surface area contributed by atoms with Crippen LogP contribution < -0.4 is 5.32 Å². The molecule has 25 heavy (non-hydrogen) atoms. The Morgan fingerprint density at radius 1 is 1.36 bits per heavy atom. The Labute approximate surface area is 148 Å². The zero-order valence-corrected chi connectivity index (χ0v) is 14.7. The van der Waals surface area contributed by atoms with Crippen molar-refractivity contribution in [1.82, 2.24) is 9.88 Å². The topological polar surface area (TPSA) is 71.5 Å². The van der Waals surface area contributed by atoms with Crippen LogP contribution in [0.5, 0.6) is 0 Å². The predicted octanol–water partition coefficient (Wildman–Crippen LogP) is 2.38. The van der Waals surface area contributed by atoms with Crippen molar-refractivity contribution in [1.29, 1.82) is 0 Å². The van der Waals surface area contributed by atoms with Gasteiger partial charge in [0.2, 0.25) is 0 Å². The number of aryl methyl sites for hydroxylation is 2. The van der Waals surface area contributed by atoms with Crippen LogP contribution >= 0.6 is 11.3 Å². The number of rotatable bonds is 3. The van der Waals surface area contributed by atoms with E-state index in [0.717, 1.165) is 5.01 Å². The maximum atomic E-state index is 13.7. The number of morpholine rings is 1. The number of benzene rings is 1. The van der Waals surface area contributed by atoms with E-state index in [2.05, 4.69) is 10.3 Å². The number of carbonyl (C=O) groups excluding carboxylic acids is 2. The van der Waals surface area contributed by atoms with Crippen LogP contribution in [0.1, 0.15) is 20.4 Å². The standard InChI is InChI=1S/C17H18FN3O3S/c1-10-15(25-11(2)19-10)17(23)21-7-8-24-14(9-21)16(22)20-13-6-4-3-5-12(13)18/h3-6,14H,7-9H2,1-2H3,(H,20,22)/t14-/m0/s1. The fourth-order valence-electron chi connectivity index (χ4n) is 2.64. The number of halogens is 1. The second kappa shape index (κ2) is 7.28. The highest BCUT2D eigenvalue weighted by molar-refractivity contribution is 7.13. The molecule has 2 aromatic rings. The van der Waals surface area contributed by atoms with Gasteiger partial charge in [-0.25, -0.2) is 9.37 Å².